The molecule has 1 aliphatic carbocycles. The molecule has 0 aliphatic heterocycles. The average molecular weight is 393 g/mol. The van der Waals surface area contributed by atoms with Crippen LogP contribution in [0.25, 0.3) is 10.7 Å². The zero-order chi connectivity index (χ0) is 19.5. The molecule has 1 aromatic carbocycles. The Labute approximate surface area is 166 Å². The minimum absolute atomic E-state index is 0.179. The van der Waals surface area contributed by atoms with E-state index < -0.39 is 12.1 Å². The van der Waals surface area contributed by atoms with Crippen LogP contribution >= 0.6 is 11.3 Å². The van der Waals surface area contributed by atoms with Crippen molar-refractivity contribution in [1.29, 1.82) is 0 Å². The molecule has 28 heavy (non-hydrogen) atoms. The first-order valence-corrected chi connectivity index (χ1v) is 9.88. The third kappa shape index (κ3) is 4.09. The number of benzene rings is 1. The van der Waals surface area contributed by atoms with E-state index in [2.05, 4.69) is 15.3 Å². The van der Waals surface area contributed by atoms with Crippen molar-refractivity contribution in [2.75, 3.05) is 0 Å². The first-order chi connectivity index (χ1) is 13.6. The Kier molecular flexibility index (Phi) is 5.16. The summed E-state index contributed by atoms with van der Waals surface area (Å²) in [5.41, 5.74) is 1.90. The number of ether oxygens (including phenoxy) is 1. The maximum Gasteiger partial charge on any atom is 0.351 e. The van der Waals surface area contributed by atoms with Gasteiger partial charge in [0.1, 0.15) is 9.88 Å². The molecule has 3 aromatic rings. The number of carbonyl (C=O) groups is 2. The topological polar surface area (TPSA) is 81.2 Å². The van der Waals surface area contributed by atoms with Gasteiger partial charge in [0, 0.05) is 17.8 Å². The number of rotatable bonds is 6. The van der Waals surface area contributed by atoms with Gasteiger partial charge in [-0.1, -0.05) is 36.4 Å². The minimum atomic E-state index is -0.992. The fourth-order valence-corrected chi connectivity index (χ4v) is 3.68. The van der Waals surface area contributed by atoms with Gasteiger partial charge in [0.2, 0.25) is 6.10 Å². The highest BCUT2D eigenvalue weighted by molar-refractivity contribution is 7.17. The van der Waals surface area contributed by atoms with Gasteiger partial charge in [0.15, 0.2) is 0 Å². The highest BCUT2D eigenvalue weighted by Gasteiger charge is 2.32. The normalized spacial score (nSPS) is 14.3. The summed E-state index contributed by atoms with van der Waals surface area (Å²) in [4.78, 5) is 34.6. The molecular weight excluding hydrogens is 374 g/mol. The maximum absolute atomic E-state index is 12.8. The molecule has 0 unspecified atom stereocenters. The highest BCUT2D eigenvalue weighted by atomic mass is 32.1. The highest BCUT2D eigenvalue weighted by Crippen LogP contribution is 2.29. The van der Waals surface area contributed by atoms with Crippen molar-refractivity contribution >= 4 is 23.2 Å². The molecule has 6 nitrogen and oxygen atoms in total. The number of aryl methyl sites for hydroxylation is 1. The number of carbonyl (C=O) groups excluding carboxylic acids is 2. The van der Waals surface area contributed by atoms with Gasteiger partial charge in [-0.2, -0.15) is 0 Å². The Balaban J connectivity index is 1.57. The first-order valence-electron chi connectivity index (χ1n) is 9.07. The second-order valence-electron chi connectivity index (χ2n) is 6.63. The molecule has 0 spiro atoms. The molecule has 7 heteroatoms. The second-order valence-corrected chi connectivity index (χ2v) is 7.63. The fourth-order valence-electron chi connectivity index (χ4n) is 2.75. The summed E-state index contributed by atoms with van der Waals surface area (Å²) < 4.78 is 5.64. The summed E-state index contributed by atoms with van der Waals surface area (Å²) in [5.74, 6) is -0.855. The van der Waals surface area contributed by atoms with Crippen molar-refractivity contribution in [3.05, 3.63) is 70.9 Å². The van der Waals surface area contributed by atoms with Crippen LogP contribution in [0.3, 0.4) is 0 Å². The Morgan fingerprint density at radius 2 is 1.89 bits per heavy atom. The van der Waals surface area contributed by atoms with Crippen molar-refractivity contribution in [2.45, 2.75) is 31.9 Å². The van der Waals surface area contributed by atoms with Crippen molar-refractivity contribution in [3.8, 4) is 10.7 Å². The lowest BCUT2D eigenvalue weighted by Gasteiger charge is -2.17. The Hall–Kier alpha value is -3.06. The van der Waals surface area contributed by atoms with E-state index in [-0.39, 0.29) is 11.9 Å². The largest absolute Gasteiger partial charge is 0.443 e. The van der Waals surface area contributed by atoms with E-state index in [0.717, 1.165) is 12.8 Å². The lowest BCUT2D eigenvalue weighted by atomic mass is 10.1. The summed E-state index contributed by atoms with van der Waals surface area (Å²) >= 11 is 1.22. The summed E-state index contributed by atoms with van der Waals surface area (Å²) in [6.07, 6.45) is 2.61. The number of nitrogens with zero attached hydrogens (tertiary/aromatic N) is 2. The smallest absolute Gasteiger partial charge is 0.351 e. The molecular formula is C21H19N3O3S. The molecule has 0 bridgehead atoms. The van der Waals surface area contributed by atoms with E-state index in [9.17, 15) is 9.59 Å². The fraction of sp³-hybridized carbons (Fsp3) is 0.238. The number of nitrogens with one attached hydrogen (secondary N) is 1. The zero-order valence-corrected chi connectivity index (χ0v) is 16.1. The number of hydrogen-bond acceptors (Lipinski definition) is 6. The Morgan fingerprint density at radius 1 is 1.14 bits per heavy atom. The number of aromatic nitrogens is 2. The molecule has 2 heterocycles. The number of pyridine rings is 1. The van der Waals surface area contributed by atoms with E-state index in [1.807, 2.05) is 36.4 Å². The average Bonchev–Trinajstić information content (AvgIpc) is 3.45. The van der Waals surface area contributed by atoms with Gasteiger partial charge in [0.05, 0.1) is 11.4 Å². The van der Waals surface area contributed by atoms with E-state index in [1.54, 1.807) is 25.3 Å². The summed E-state index contributed by atoms with van der Waals surface area (Å²) in [7, 11) is 0. The molecule has 1 saturated carbocycles. The molecule has 142 valence electrons. The molecule has 1 N–H and O–H groups in total. The molecule has 1 aliphatic rings. The van der Waals surface area contributed by atoms with E-state index in [1.165, 1.54) is 11.3 Å². The van der Waals surface area contributed by atoms with Gasteiger partial charge in [-0.25, -0.2) is 9.78 Å². The SMILES string of the molecule is Cc1nc(-c2ccccn2)sc1C(=O)O[C@H](C(=O)NC1CC1)c1ccccc1. The van der Waals surface area contributed by atoms with Crippen LogP contribution in [-0.4, -0.2) is 27.9 Å². The van der Waals surface area contributed by atoms with Crippen LogP contribution < -0.4 is 5.32 Å². The quantitative estimate of drug-likeness (QED) is 0.646. The zero-order valence-electron chi connectivity index (χ0n) is 15.3. The van der Waals surface area contributed by atoms with Gasteiger partial charge >= 0.3 is 5.97 Å². The molecule has 1 atom stereocenters. The van der Waals surface area contributed by atoms with Crippen LogP contribution in [0.5, 0.6) is 0 Å². The van der Waals surface area contributed by atoms with E-state index in [0.29, 0.717) is 26.8 Å². The summed E-state index contributed by atoms with van der Waals surface area (Å²) in [5, 5.41) is 3.56. The maximum atomic E-state index is 12.8. The lowest BCUT2D eigenvalue weighted by Crippen LogP contribution is -2.33. The molecule has 0 radical (unpaired) electrons. The Morgan fingerprint density at radius 3 is 2.57 bits per heavy atom. The van der Waals surface area contributed by atoms with Crippen LogP contribution in [0.15, 0.2) is 54.7 Å². The third-order valence-electron chi connectivity index (χ3n) is 4.36. The molecule has 1 fully saturated rings. The minimum Gasteiger partial charge on any atom is -0.443 e. The van der Waals surface area contributed by atoms with Gasteiger partial charge < -0.3 is 10.1 Å². The standard InChI is InChI=1S/C21H19N3O3S/c1-13-18(28-20(23-13)16-9-5-6-12-22-16)21(26)27-17(14-7-3-2-4-8-14)19(25)24-15-10-11-15/h2-9,12,15,17H,10-11H2,1H3,(H,24,25)/t17-/m0/s1. The van der Waals surface area contributed by atoms with Crippen LogP contribution in [0.1, 0.15) is 39.9 Å². The van der Waals surface area contributed by atoms with Crippen LogP contribution in [0, 0.1) is 6.92 Å². The number of amides is 1. The number of thiazole rings is 1. The summed E-state index contributed by atoms with van der Waals surface area (Å²) in [6.45, 7) is 1.75. The second kappa shape index (κ2) is 7.90. The van der Waals surface area contributed by atoms with Gasteiger partial charge in [-0.15, -0.1) is 11.3 Å². The van der Waals surface area contributed by atoms with Crippen molar-refractivity contribution in [2.24, 2.45) is 0 Å². The predicted octanol–water partition coefficient (Wildman–Crippen LogP) is 3.69. The lowest BCUT2D eigenvalue weighted by molar-refractivity contribution is -0.130. The van der Waals surface area contributed by atoms with Crippen molar-refractivity contribution in [3.63, 3.8) is 0 Å². The summed E-state index contributed by atoms with van der Waals surface area (Å²) in [6, 6.07) is 14.8. The number of hydrogen-bond donors (Lipinski definition) is 1. The van der Waals surface area contributed by atoms with Crippen LogP contribution in [0.2, 0.25) is 0 Å². The van der Waals surface area contributed by atoms with Gasteiger partial charge in [-0.05, 0) is 31.9 Å². The Bertz CT molecular complexity index is 985. The van der Waals surface area contributed by atoms with Crippen LogP contribution in [0.4, 0.5) is 0 Å². The number of esters is 1. The first kappa shape index (κ1) is 18.3. The third-order valence-corrected chi connectivity index (χ3v) is 5.52. The van der Waals surface area contributed by atoms with Gasteiger partial charge in [0.25, 0.3) is 5.91 Å². The van der Waals surface area contributed by atoms with E-state index >= 15 is 0 Å². The van der Waals surface area contributed by atoms with Crippen LogP contribution in [-0.2, 0) is 9.53 Å². The molecule has 2 aromatic heterocycles. The molecule has 4 rings (SSSR count). The van der Waals surface area contributed by atoms with E-state index in [4.69, 9.17) is 4.74 Å². The monoisotopic (exact) mass is 393 g/mol. The van der Waals surface area contributed by atoms with Crippen molar-refractivity contribution in [1.82, 2.24) is 15.3 Å². The predicted molar refractivity (Wildman–Crippen MR) is 106 cm³/mol. The molecule has 1 amide bonds. The molecule has 0 saturated heterocycles. The van der Waals surface area contributed by atoms with Gasteiger partial charge in [-0.3, -0.25) is 9.78 Å². The van der Waals surface area contributed by atoms with Crippen molar-refractivity contribution < 1.29 is 14.3 Å².